The van der Waals surface area contributed by atoms with E-state index in [0.717, 1.165) is 48.5 Å². The lowest BCUT2D eigenvalue weighted by Crippen LogP contribution is -2.30. The van der Waals surface area contributed by atoms with Gasteiger partial charge in [-0.2, -0.15) is 0 Å². The SMILES string of the molecule is COc1ccc(CN(C)C(=O)c2nnn(C3CCNCC3)c2C)cc1C. The molecule has 1 fully saturated rings. The number of benzene rings is 1. The molecule has 1 N–H and O–H groups in total. The highest BCUT2D eigenvalue weighted by atomic mass is 16.5. The molecule has 1 aliphatic rings. The van der Waals surface area contributed by atoms with E-state index < -0.39 is 0 Å². The smallest absolute Gasteiger partial charge is 0.276 e. The van der Waals surface area contributed by atoms with Crippen LogP contribution in [0.5, 0.6) is 5.75 Å². The van der Waals surface area contributed by atoms with E-state index in [9.17, 15) is 4.79 Å². The summed E-state index contributed by atoms with van der Waals surface area (Å²) in [4.78, 5) is 14.5. The fourth-order valence-corrected chi connectivity index (χ4v) is 3.50. The molecular formula is C19H27N5O2. The van der Waals surface area contributed by atoms with Crippen molar-refractivity contribution in [2.45, 2.75) is 39.3 Å². The third-order valence-electron chi connectivity index (χ3n) is 5.01. The second kappa shape index (κ2) is 7.86. The molecule has 0 spiro atoms. The number of carbonyl (C=O) groups excluding carboxylic acids is 1. The zero-order chi connectivity index (χ0) is 18.7. The van der Waals surface area contributed by atoms with Crippen molar-refractivity contribution in [3.8, 4) is 5.75 Å². The first-order valence-corrected chi connectivity index (χ1v) is 9.02. The van der Waals surface area contributed by atoms with Crippen LogP contribution < -0.4 is 10.1 Å². The number of piperidine rings is 1. The van der Waals surface area contributed by atoms with Crippen LogP contribution in [0.25, 0.3) is 0 Å². The number of aryl methyl sites for hydroxylation is 1. The maximum absolute atomic E-state index is 12.8. The topological polar surface area (TPSA) is 72.3 Å². The van der Waals surface area contributed by atoms with Gasteiger partial charge in [0.2, 0.25) is 0 Å². The zero-order valence-electron chi connectivity index (χ0n) is 16.0. The number of amides is 1. The molecule has 0 saturated carbocycles. The van der Waals surface area contributed by atoms with Gasteiger partial charge in [-0.1, -0.05) is 17.3 Å². The van der Waals surface area contributed by atoms with Gasteiger partial charge in [-0.25, -0.2) is 4.68 Å². The van der Waals surface area contributed by atoms with Gasteiger partial charge in [0.25, 0.3) is 5.91 Å². The molecule has 0 unspecified atom stereocenters. The highest BCUT2D eigenvalue weighted by molar-refractivity contribution is 5.93. The molecule has 0 aliphatic carbocycles. The Hall–Kier alpha value is -2.41. The molecule has 26 heavy (non-hydrogen) atoms. The van der Waals surface area contributed by atoms with E-state index in [1.807, 2.05) is 36.7 Å². The quantitative estimate of drug-likeness (QED) is 0.887. The Labute approximate surface area is 154 Å². The lowest BCUT2D eigenvalue weighted by atomic mass is 10.1. The number of nitrogens with zero attached hydrogens (tertiary/aromatic N) is 4. The molecule has 2 aromatic rings. The lowest BCUT2D eigenvalue weighted by Gasteiger charge is -2.23. The molecule has 2 heterocycles. The summed E-state index contributed by atoms with van der Waals surface area (Å²) >= 11 is 0. The number of rotatable bonds is 5. The number of methoxy groups -OCH3 is 1. The third kappa shape index (κ3) is 3.72. The van der Waals surface area contributed by atoms with E-state index in [4.69, 9.17) is 4.74 Å². The maximum atomic E-state index is 12.8. The van der Waals surface area contributed by atoms with Crippen molar-refractivity contribution >= 4 is 5.91 Å². The second-order valence-corrected chi connectivity index (χ2v) is 6.91. The van der Waals surface area contributed by atoms with E-state index >= 15 is 0 Å². The summed E-state index contributed by atoms with van der Waals surface area (Å²) in [5.41, 5.74) is 3.40. The minimum absolute atomic E-state index is 0.101. The molecule has 0 bridgehead atoms. The van der Waals surface area contributed by atoms with Crippen molar-refractivity contribution in [3.05, 3.63) is 40.7 Å². The van der Waals surface area contributed by atoms with Crippen LogP contribution in [0.2, 0.25) is 0 Å². The van der Waals surface area contributed by atoms with Crippen LogP contribution in [0.1, 0.15) is 46.2 Å². The Morgan fingerprint density at radius 2 is 2.08 bits per heavy atom. The molecular weight excluding hydrogens is 330 g/mol. The summed E-state index contributed by atoms with van der Waals surface area (Å²) in [6.07, 6.45) is 2.03. The molecule has 1 aromatic carbocycles. The van der Waals surface area contributed by atoms with Crippen molar-refractivity contribution in [2.24, 2.45) is 0 Å². The Morgan fingerprint density at radius 3 is 2.73 bits per heavy atom. The molecule has 140 valence electrons. The van der Waals surface area contributed by atoms with Gasteiger partial charge in [0.05, 0.1) is 18.8 Å². The molecule has 1 aliphatic heterocycles. The first-order chi connectivity index (χ1) is 12.5. The number of hydrogen-bond donors (Lipinski definition) is 1. The molecule has 1 aromatic heterocycles. The highest BCUT2D eigenvalue weighted by Gasteiger charge is 2.24. The minimum atomic E-state index is -0.101. The van der Waals surface area contributed by atoms with E-state index in [2.05, 4.69) is 15.6 Å². The number of ether oxygens (including phenoxy) is 1. The Balaban J connectivity index is 1.72. The normalized spacial score (nSPS) is 15.1. The third-order valence-corrected chi connectivity index (χ3v) is 5.01. The molecule has 3 rings (SSSR count). The predicted molar refractivity (Wildman–Crippen MR) is 99.4 cm³/mol. The number of hydrogen-bond acceptors (Lipinski definition) is 5. The number of nitrogens with one attached hydrogen (secondary N) is 1. The first kappa shape index (κ1) is 18.4. The van der Waals surface area contributed by atoms with Gasteiger partial charge in [-0.05, 0) is 57.0 Å². The van der Waals surface area contributed by atoms with Crippen LogP contribution in [0.3, 0.4) is 0 Å². The molecule has 7 heteroatoms. The predicted octanol–water partition coefficient (Wildman–Crippen LogP) is 2.10. The molecule has 0 radical (unpaired) electrons. The molecule has 0 atom stereocenters. The van der Waals surface area contributed by atoms with E-state index in [0.29, 0.717) is 18.3 Å². The van der Waals surface area contributed by atoms with Crippen LogP contribution in [-0.4, -0.2) is 53.0 Å². The van der Waals surface area contributed by atoms with E-state index in [1.54, 1.807) is 19.1 Å². The Morgan fingerprint density at radius 1 is 1.35 bits per heavy atom. The van der Waals surface area contributed by atoms with Crippen LogP contribution in [-0.2, 0) is 6.54 Å². The van der Waals surface area contributed by atoms with Gasteiger partial charge in [-0.15, -0.1) is 5.10 Å². The average Bonchev–Trinajstić information content (AvgIpc) is 3.03. The van der Waals surface area contributed by atoms with Gasteiger partial charge in [0.1, 0.15) is 5.75 Å². The Bertz CT molecular complexity index is 780. The van der Waals surface area contributed by atoms with Gasteiger partial charge in [0.15, 0.2) is 5.69 Å². The Kier molecular flexibility index (Phi) is 5.56. The molecule has 1 amide bonds. The fraction of sp³-hybridized carbons (Fsp3) is 0.526. The summed E-state index contributed by atoms with van der Waals surface area (Å²) in [5.74, 6) is 0.750. The standard InChI is InChI=1S/C19H27N5O2/c1-13-11-15(5-6-17(13)26-4)12-23(3)19(25)18-14(2)24(22-21-18)16-7-9-20-10-8-16/h5-6,11,16,20H,7-10,12H2,1-4H3. The summed E-state index contributed by atoms with van der Waals surface area (Å²) in [6.45, 7) is 6.40. The van der Waals surface area contributed by atoms with Crippen LogP contribution in [0.4, 0.5) is 0 Å². The lowest BCUT2D eigenvalue weighted by molar-refractivity contribution is 0.0778. The van der Waals surface area contributed by atoms with Crippen LogP contribution in [0.15, 0.2) is 18.2 Å². The van der Waals surface area contributed by atoms with E-state index in [-0.39, 0.29) is 5.91 Å². The van der Waals surface area contributed by atoms with Crippen LogP contribution >= 0.6 is 0 Å². The number of carbonyl (C=O) groups is 1. The first-order valence-electron chi connectivity index (χ1n) is 9.02. The fourth-order valence-electron chi connectivity index (χ4n) is 3.50. The van der Waals surface area contributed by atoms with Crippen molar-refractivity contribution in [2.75, 3.05) is 27.2 Å². The summed E-state index contributed by atoms with van der Waals surface area (Å²) in [7, 11) is 3.46. The zero-order valence-corrected chi connectivity index (χ0v) is 16.0. The van der Waals surface area contributed by atoms with Gasteiger partial charge in [-0.3, -0.25) is 4.79 Å². The van der Waals surface area contributed by atoms with Crippen molar-refractivity contribution < 1.29 is 9.53 Å². The molecule has 7 nitrogen and oxygen atoms in total. The summed E-state index contributed by atoms with van der Waals surface area (Å²) < 4.78 is 7.21. The second-order valence-electron chi connectivity index (χ2n) is 6.91. The summed E-state index contributed by atoms with van der Waals surface area (Å²) in [6, 6.07) is 6.27. The van der Waals surface area contributed by atoms with Crippen LogP contribution in [0, 0.1) is 13.8 Å². The van der Waals surface area contributed by atoms with Gasteiger partial charge >= 0.3 is 0 Å². The van der Waals surface area contributed by atoms with E-state index in [1.165, 1.54) is 0 Å². The van der Waals surface area contributed by atoms with Gasteiger partial charge < -0.3 is 15.0 Å². The highest BCUT2D eigenvalue weighted by Crippen LogP contribution is 2.22. The van der Waals surface area contributed by atoms with Crippen molar-refractivity contribution in [1.82, 2.24) is 25.2 Å². The van der Waals surface area contributed by atoms with Crippen molar-refractivity contribution in [3.63, 3.8) is 0 Å². The monoisotopic (exact) mass is 357 g/mol. The molecule has 1 saturated heterocycles. The minimum Gasteiger partial charge on any atom is -0.496 e. The maximum Gasteiger partial charge on any atom is 0.276 e. The largest absolute Gasteiger partial charge is 0.496 e. The number of aromatic nitrogens is 3. The van der Waals surface area contributed by atoms with Gasteiger partial charge in [0, 0.05) is 13.6 Å². The van der Waals surface area contributed by atoms with Crippen molar-refractivity contribution in [1.29, 1.82) is 0 Å². The summed E-state index contributed by atoms with van der Waals surface area (Å²) in [5, 5.41) is 11.8. The average molecular weight is 357 g/mol.